The first-order chi connectivity index (χ1) is 15.0. The molecular weight excluding hydrogens is 420 g/mol. The molecule has 0 bridgehead atoms. The monoisotopic (exact) mass is 450 g/mol. The Bertz CT molecular complexity index is 950. The van der Waals surface area contributed by atoms with Gasteiger partial charge in [-0.3, -0.25) is 4.79 Å². The maximum Gasteiger partial charge on any atom is 0.258 e. The topological polar surface area (TPSA) is 89.3 Å². The molecule has 0 spiro atoms. The van der Waals surface area contributed by atoms with Gasteiger partial charge in [-0.1, -0.05) is 12.8 Å². The Morgan fingerprint density at radius 3 is 2.48 bits per heavy atom. The van der Waals surface area contributed by atoms with Gasteiger partial charge in [-0.15, -0.1) is 0 Å². The van der Waals surface area contributed by atoms with E-state index < -0.39 is 10.0 Å². The first-order valence-corrected chi connectivity index (χ1v) is 11.9. The summed E-state index contributed by atoms with van der Waals surface area (Å²) in [6, 6.07) is 8.00. The lowest BCUT2D eigenvalue weighted by Crippen LogP contribution is -2.34. The van der Waals surface area contributed by atoms with Crippen LogP contribution in [0.2, 0.25) is 0 Å². The molecular formula is C22H30N2O6S. The normalized spacial score (nSPS) is 15.4. The summed E-state index contributed by atoms with van der Waals surface area (Å²) in [4.78, 5) is 15.1. The molecule has 9 heteroatoms. The molecule has 0 unspecified atom stereocenters. The van der Waals surface area contributed by atoms with Gasteiger partial charge in [-0.2, -0.15) is 4.31 Å². The van der Waals surface area contributed by atoms with Crippen molar-refractivity contribution in [2.24, 2.45) is 0 Å². The zero-order chi connectivity index (χ0) is 22.3. The second-order valence-electron chi connectivity index (χ2n) is 7.48. The average Bonchev–Trinajstić information content (AvgIpc) is 3.13. The minimum atomic E-state index is -3.70. The van der Waals surface area contributed by atoms with E-state index in [0.29, 0.717) is 37.8 Å². The fourth-order valence-electron chi connectivity index (χ4n) is 3.66. The predicted molar refractivity (Wildman–Crippen MR) is 116 cm³/mol. The molecule has 1 aliphatic heterocycles. The molecule has 2 aromatic rings. The number of hydrogen-bond donors (Lipinski definition) is 0. The SMILES string of the molecule is COCCN(Cc1ccco1)C(=O)c1cc(S(=O)(=O)N2CCCCCC2)ccc1OC. The number of ether oxygens (including phenoxy) is 2. The number of hydrogen-bond acceptors (Lipinski definition) is 6. The molecule has 1 aliphatic rings. The number of benzene rings is 1. The highest BCUT2D eigenvalue weighted by Gasteiger charge is 2.28. The molecule has 0 saturated carbocycles. The van der Waals surface area contributed by atoms with Gasteiger partial charge in [0.2, 0.25) is 10.0 Å². The molecule has 1 saturated heterocycles. The van der Waals surface area contributed by atoms with Gasteiger partial charge in [-0.25, -0.2) is 8.42 Å². The summed E-state index contributed by atoms with van der Waals surface area (Å²) >= 11 is 0. The average molecular weight is 451 g/mol. The Labute approximate surface area is 183 Å². The van der Waals surface area contributed by atoms with Crippen molar-refractivity contribution in [2.45, 2.75) is 37.1 Å². The fraction of sp³-hybridized carbons (Fsp3) is 0.500. The highest BCUT2D eigenvalue weighted by atomic mass is 32.2. The van der Waals surface area contributed by atoms with E-state index in [-0.39, 0.29) is 22.9 Å². The molecule has 31 heavy (non-hydrogen) atoms. The summed E-state index contributed by atoms with van der Waals surface area (Å²) in [5, 5.41) is 0. The summed E-state index contributed by atoms with van der Waals surface area (Å²) in [6.07, 6.45) is 5.28. The third kappa shape index (κ3) is 5.66. The molecule has 8 nitrogen and oxygen atoms in total. The zero-order valence-electron chi connectivity index (χ0n) is 18.1. The zero-order valence-corrected chi connectivity index (χ0v) is 18.9. The van der Waals surface area contributed by atoms with E-state index in [1.807, 2.05) is 0 Å². The summed E-state index contributed by atoms with van der Waals surface area (Å²) < 4.78 is 43.9. The van der Waals surface area contributed by atoms with Crippen molar-refractivity contribution < 1.29 is 27.1 Å². The lowest BCUT2D eigenvalue weighted by Gasteiger charge is -2.24. The minimum Gasteiger partial charge on any atom is -0.496 e. The van der Waals surface area contributed by atoms with E-state index in [2.05, 4.69) is 0 Å². The van der Waals surface area contributed by atoms with Gasteiger partial charge in [-0.05, 0) is 43.2 Å². The highest BCUT2D eigenvalue weighted by Crippen LogP contribution is 2.27. The van der Waals surface area contributed by atoms with Crippen molar-refractivity contribution in [3.63, 3.8) is 0 Å². The van der Waals surface area contributed by atoms with Crippen molar-refractivity contribution >= 4 is 15.9 Å². The minimum absolute atomic E-state index is 0.100. The Hall–Kier alpha value is -2.36. The molecule has 0 atom stereocenters. The van der Waals surface area contributed by atoms with Crippen molar-refractivity contribution in [2.75, 3.05) is 40.5 Å². The molecule has 1 aromatic heterocycles. The van der Waals surface area contributed by atoms with Crippen LogP contribution in [0.25, 0.3) is 0 Å². The van der Waals surface area contributed by atoms with Crippen molar-refractivity contribution in [3.05, 3.63) is 47.9 Å². The van der Waals surface area contributed by atoms with Gasteiger partial charge in [0.25, 0.3) is 5.91 Å². The van der Waals surface area contributed by atoms with Gasteiger partial charge in [0.05, 0.1) is 37.0 Å². The second-order valence-corrected chi connectivity index (χ2v) is 9.42. The van der Waals surface area contributed by atoms with Crippen LogP contribution >= 0.6 is 0 Å². The van der Waals surface area contributed by atoms with Crippen LogP contribution in [-0.4, -0.2) is 64.0 Å². The number of sulfonamides is 1. The van der Waals surface area contributed by atoms with Crippen LogP contribution in [0.3, 0.4) is 0 Å². The van der Waals surface area contributed by atoms with Crippen LogP contribution in [0.5, 0.6) is 5.75 Å². The third-order valence-corrected chi connectivity index (χ3v) is 7.28. The lowest BCUT2D eigenvalue weighted by molar-refractivity contribution is 0.0663. The Morgan fingerprint density at radius 1 is 1.13 bits per heavy atom. The lowest BCUT2D eigenvalue weighted by atomic mass is 10.1. The number of amides is 1. The predicted octanol–water partition coefficient (Wildman–Crippen LogP) is 3.14. The number of carbonyl (C=O) groups excluding carboxylic acids is 1. The van der Waals surface area contributed by atoms with Crippen molar-refractivity contribution in [1.29, 1.82) is 0 Å². The molecule has 3 rings (SSSR count). The summed E-state index contributed by atoms with van der Waals surface area (Å²) in [7, 11) is -0.676. The Morgan fingerprint density at radius 2 is 1.87 bits per heavy atom. The molecule has 1 fully saturated rings. The largest absolute Gasteiger partial charge is 0.496 e. The first-order valence-electron chi connectivity index (χ1n) is 10.5. The standard InChI is InChI=1S/C22H30N2O6S/c1-28-15-13-23(17-18-8-7-14-30-18)22(25)20-16-19(9-10-21(20)29-2)31(26,27)24-11-5-3-4-6-12-24/h7-10,14,16H,3-6,11-13,15,17H2,1-2H3. The van der Waals surface area contributed by atoms with E-state index in [4.69, 9.17) is 13.9 Å². The van der Waals surface area contributed by atoms with E-state index in [0.717, 1.165) is 25.7 Å². The van der Waals surface area contributed by atoms with E-state index in [1.54, 1.807) is 36.5 Å². The van der Waals surface area contributed by atoms with Crippen LogP contribution in [-0.2, 0) is 21.3 Å². The maximum atomic E-state index is 13.4. The molecule has 2 heterocycles. The number of rotatable bonds is 9. The Kier molecular flexibility index (Phi) is 8.11. The molecule has 0 N–H and O–H groups in total. The number of nitrogens with zero attached hydrogens (tertiary/aromatic N) is 2. The molecule has 170 valence electrons. The number of carbonyl (C=O) groups is 1. The third-order valence-electron chi connectivity index (χ3n) is 5.38. The van der Waals surface area contributed by atoms with Crippen molar-refractivity contribution in [1.82, 2.24) is 9.21 Å². The summed E-state index contributed by atoms with van der Waals surface area (Å²) in [5.41, 5.74) is 0.195. The van der Waals surface area contributed by atoms with Gasteiger partial charge < -0.3 is 18.8 Å². The van der Waals surface area contributed by atoms with Gasteiger partial charge in [0, 0.05) is 26.7 Å². The molecule has 1 amide bonds. The fourth-order valence-corrected chi connectivity index (χ4v) is 5.20. The summed E-state index contributed by atoms with van der Waals surface area (Å²) in [5.74, 6) is 0.594. The van der Waals surface area contributed by atoms with Crippen LogP contribution in [0, 0.1) is 0 Å². The van der Waals surface area contributed by atoms with Crippen molar-refractivity contribution in [3.8, 4) is 5.75 Å². The van der Waals surface area contributed by atoms with Crippen LogP contribution in [0.15, 0.2) is 45.9 Å². The van der Waals surface area contributed by atoms with Crippen LogP contribution < -0.4 is 4.74 Å². The second kappa shape index (κ2) is 10.8. The summed E-state index contributed by atoms with van der Waals surface area (Å²) in [6.45, 7) is 1.89. The molecule has 0 radical (unpaired) electrons. The number of furan rings is 1. The highest BCUT2D eigenvalue weighted by molar-refractivity contribution is 7.89. The van der Waals surface area contributed by atoms with Gasteiger partial charge in [0.15, 0.2) is 0 Å². The van der Waals surface area contributed by atoms with Crippen LogP contribution in [0.4, 0.5) is 0 Å². The van der Waals surface area contributed by atoms with E-state index in [9.17, 15) is 13.2 Å². The van der Waals surface area contributed by atoms with E-state index >= 15 is 0 Å². The van der Waals surface area contributed by atoms with Gasteiger partial charge in [0.1, 0.15) is 11.5 Å². The molecule has 0 aliphatic carbocycles. The van der Waals surface area contributed by atoms with E-state index in [1.165, 1.54) is 23.5 Å². The quantitative estimate of drug-likeness (QED) is 0.583. The smallest absolute Gasteiger partial charge is 0.258 e. The van der Waals surface area contributed by atoms with Gasteiger partial charge >= 0.3 is 0 Å². The Balaban J connectivity index is 1.93. The maximum absolute atomic E-state index is 13.4. The number of methoxy groups -OCH3 is 2. The molecule has 1 aromatic carbocycles. The van der Waals surface area contributed by atoms with Crippen LogP contribution in [0.1, 0.15) is 41.8 Å². The first kappa shape index (κ1) is 23.3.